The van der Waals surface area contributed by atoms with E-state index >= 15 is 0 Å². The summed E-state index contributed by atoms with van der Waals surface area (Å²) in [5.74, 6) is 0. The van der Waals surface area contributed by atoms with Crippen LogP contribution >= 0.6 is 0 Å². The monoisotopic (exact) mass is 411 g/mol. The molecule has 5 rings (SSSR count). The molecule has 0 saturated carbocycles. The quantitative estimate of drug-likeness (QED) is 0.461. The van der Waals surface area contributed by atoms with Gasteiger partial charge in [0.1, 0.15) is 6.33 Å². The van der Waals surface area contributed by atoms with Crippen molar-refractivity contribution in [1.82, 2.24) is 29.4 Å². The van der Waals surface area contributed by atoms with E-state index in [1.165, 1.54) is 12.5 Å². The highest BCUT2D eigenvalue weighted by molar-refractivity contribution is 5.84. The molecule has 154 valence electrons. The minimum Gasteiger partial charge on any atom is -0.356 e. The number of aromatic nitrogens is 6. The van der Waals surface area contributed by atoms with Crippen molar-refractivity contribution in [3.05, 3.63) is 71.9 Å². The highest BCUT2D eigenvalue weighted by Gasteiger charge is 2.25. The van der Waals surface area contributed by atoms with Crippen LogP contribution in [0.2, 0.25) is 0 Å². The van der Waals surface area contributed by atoms with Crippen molar-refractivity contribution in [2.45, 2.75) is 32.4 Å². The van der Waals surface area contributed by atoms with E-state index in [1.54, 1.807) is 10.6 Å². The Kier molecular flexibility index (Phi) is 5.02. The van der Waals surface area contributed by atoms with Crippen LogP contribution in [0.1, 0.15) is 36.9 Å². The van der Waals surface area contributed by atoms with Crippen LogP contribution in [-0.2, 0) is 4.74 Å². The number of nitrogens with zero attached hydrogens (tertiary/aromatic N) is 7. The lowest BCUT2D eigenvalue weighted by Crippen LogP contribution is -2.20. The average molecular weight is 411 g/mol. The first kappa shape index (κ1) is 19.2. The summed E-state index contributed by atoms with van der Waals surface area (Å²) in [4.78, 5) is 12.4. The first-order valence-corrected chi connectivity index (χ1v) is 10.3. The van der Waals surface area contributed by atoms with Crippen LogP contribution in [0.25, 0.3) is 39.1 Å². The molecule has 0 N–H and O–H groups in total. The number of aryl methyl sites for hydroxylation is 1. The molecule has 0 radical (unpaired) electrons. The Morgan fingerprint density at radius 1 is 1.16 bits per heavy atom. The van der Waals surface area contributed by atoms with Gasteiger partial charge in [0, 0.05) is 23.4 Å². The fraction of sp³-hybridized carbons (Fsp3) is 0.261. The number of fused-ring (bicyclic) bond motifs is 1. The van der Waals surface area contributed by atoms with Crippen molar-refractivity contribution in [1.29, 1.82) is 0 Å². The van der Waals surface area contributed by atoms with Gasteiger partial charge in [0.05, 0.1) is 29.9 Å². The van der Waals surface area contributed by atoms with Crippen LogP contribution in [0.4, 0.5) is 0 Å². The standard InChI is InChI=1S/C23H21N7O/c1-16-6-5-7-19(28-16)23-18(14-26-30(23)22-8-3-4-13-31-22)17-9-10-21-25-15-27-29(21)20(17)11-12-24-2/h5-7,9-12,14-15,22H,3-4,8,13H2,1H3/b12-11+. The van der Waals surface area contributed by atoms with E-state index in [-0.39, 0.29) is 6.23 Å². The fourth-order valence-corrected chi connectivity index (χ4v) is 4.03. The van der Waals surface area contributed by atoms with E-state index in [9.17, 15) is 0 Å². The molecule has 8 heteroatoms. The number of ether oxygens (including phenoxy) is 1. The highest BCUT2D eigenvalue weighted by atomic mass is 16.5. The summed E-state index contributed by atoms with van der Waals surface area (Å²) >= 11 is 0. The van der Waals surface area contributed by atoms with Gasteiger partial charge < -0.3 is 4.74 Å². The van der Waals surface area contributed by atoms with E-state index in [4.69, 9.17) is 21.4 Å². The lowest BCUT2D eigenvalue weighted by molar-refractivity contribution is -0.0383. The molecule has 4 aromatic heterocycles. The molecule has 0 aliphatic carbocycles. The van der Waals surface area contributed by atoms with Gasteiger partial charge in [-0.3, -0.25) is 4.98 Å². The summed E-state index contributed by atoms with van der Waals surface area (Å²) in [6.45, 7) is 9.89. The number of rotatable bonds is 4. The second-order valence-electron chi connectivity index (χ2n) is 7.44. The van der Waals surface area contributed by atoms with Crippen molar-refractivity contribution < 1.29 is 4.74 Å². The van der Waals surface area contributed by atoms with Crippen LogP contribution in [0, 0.1) is 13.5 Å². The molecule has 1 aliphatic rings. The van der Waals surface area contributed by atoms with Crippen LogP contribution in [0.15, 0.2) is 49.1 Å². The predicted octanol–water partition coefficient (Wildman–Crippen LogP) is 4.55. The zero-order valence-electron chi connectivity index (χ0n) is 17.1. The lowest BCUT2D eigenvalue weighted by Gasteiger charge is -2.25. The van der Waals surface area contributed by atoms with Crippen LogP contribution in [0.5, 0.6) is 0 Å². The maximum atomic E-state index is 7.19. The molecule has 1 unspecified atom stereocenters. The van der Waals surface area contributed by atoms with Gasteiger partial charge in [-0.25, -0.2) is 19.0 Å². The molecule has 1 aliphatic heterocycles. The Morgan fingerprint density at radius 3 is 2.90 bits per heavy atom. The van der Waals surface area contributed by atoms with Gasteiger partial charge in [-0.2, -0.15) is 10.2 Å². The van der Waals surface area contributed by atoms with Crippen molar-refractivity contribution >= 4 is 11.7 Å². The summed E-state index contributed by atoms with van der Waals surface area (Å²) in [5, 5.41) is 9.09. The van der Waals surface area contributed by atoms with Gasteiger partial charge in [0.25, 0.3) is 0 Å². The molecule has 0 amide bonds. The largest absolute Gasteiger partial charge is 0.356 e. The summed E-state index contributed by atoms with van der Waals surface area (Å²) in [7, 11) is 0. The molecule has 4 aromatic rings. The van der Waals surface area contributed by atoms with E-state index in [0.717, 1.165) is 59.8 Å². The van der Waals surface area contributed by atoms with Crippen molar-refractivity contribution in [2.24, 2.45) is 0 Å². The first-order chi connectivity index (χ1) is 15.3. The van der Waals surface area contributed by atoms with E-state index in [1.807, 2.05) is 48.1 Å². The minimum absolute atomic E-state index is 0.128. The maximum Gasteiger partial charge on any atom is 0.156 e. The Hall–Kier alpha value is -3.83. The molecule has 1 saturated heterocycles. The normalized spacial score (nSPS) is 16.7. The molecular formula is C23H21N7O. The second-order valence-corrected chi connectivity index (χ2v) is 7.44. The van der Waals surface area contributed by atoms with Gasteiger partial charge in [0.2, 0.25) is 0 Å². The number of pyridine rings is 2. The zero-order valence-corrected chi connectivity index (χ0v) is 17.1. The zero-order chi connectivity index (χ0) is 21.2. The minimum atomic E-state index is -0.128. The summed E-state index contributed by atoms with van der Waals surface area (Å²) in [6.07, 6.45) is 9.50. The summed E-state index contributed by atoms with van der Waals surface area (Å²) < 4.78 is 9.73. The Balaban J connectivity index is 1.76. The van der Waals surface area contributed by atoms with Crippen LogP contribution < -0.4 is 0 Å². The maximum absolute atomic E-state index is 7.19. The van der Waals surface area contributed by atoms with Gasteiger partial charge in [-0.1, -0.05) is 6.07 Å². The molecule has 0 aromatic carbocycles. The Morgan fingerprint density at radius 2 is 2.10 bits per heavy atom. The van der Waals surface area contributed by atoms with Crippen molar-refractivity contribution in [3.8, 4) is 22.5 Å². The highest BCUT2D eigenvalue weighted by Crippen LogP contribution is 2.37. The molecule has 31 heavy (non-hydrogen) atoms. The lowest BCUT2D eigenvalue weighted by atomic mass is 10.0. The van der Waals surface area contributed by atoms with Crippen LogP contribution in [-0.4, -0.2) is 36.0 Å². The van der Waals surface area contributed by atoms with Gasteiger partial charge >= 0.3 is 0 Å². The number of hydrogen-bond donors (Lipinski definition) is 0. The summed E-state index contributed by atoms with van der Waals surface area (Å²) in [5.41, 5.74) is 5.96. The van der Waals surface area contributed by atoms with E-state index < -0.39 is 0 Å². The summed E-state index contributed by atoms with van der Waals surface area (Å²) in [6, 6.07) is 9.89. The molecule has 8 nitrogen and oxygen atoms in total. The predicted molar refractivity (Wildman–Crippen MR) is 117 cm³/mol. The Bertz CT molecular complexity index is 1310. The van der Waals surface area contributed by atoms with Crippen molar-refractivity contribution in [3.63, 3.8) is 0 Å². The first-order valence-electron chi connectivity index (χ1n) is 10.3. The molecule has 1 atom stereocenters. The smallest absolute Gasteiger partial charge is 0.156 e. The van der Waals surface area contributed by atoms with Gasteiger partial charge in [0.15, 0.2) is 18.1 Å². The topological polar surface area (TPSA) is 74.5 Å². The molecule has 1 fully saturated rings. The molecule has 0 spiro atoms. The molecule has 5 heterocycles. The average Bonchev–Trinajstić information content (AvgIpc) is 3.45. The molecule has 0 bridgehead atoms. The van der Waals surface area contributed by atoms with Crippen molar-refractivity contribution in [2.75, 3.05) is 6.61 Å². The second kappa shape index (κ2) is 8.13. The Labute approximate surface area is 179 Å². The van der Waals surface area contributed by atoms with Gasteiger partial charge in [-0.05, 0) is 56.5 Å². The van der Waals surface area contributed by atoms with Crippen LogP contribution in [0.3, 0.4) is 0 Å². The number of hydrogen-bond acceptors (Lipinski definition) is 5. The fourth-order valence-electron chi connectivity index (χ4n) is 4.03. The van der Waals surface area contributed by atoms with E-state index in [0.29, 0.717) is 5.65 Å². The third kappa shape index (κ3) is 3.49. The molecular weight excluding hydrogens is 390 g/mol. The third-order valence-electron chi connectivity index (χ3n) is 5.43. The third-order valence-corrected chi connectivity index (χ3v) is 5.43. The van der Waals surface area contributed by atoms with Gasteiger partial charge in [-0.15, -0.1) is 0 Å². The SMILES string of the molecule is [C-]#[N+]/C=C/c1c(-c2cnn(C3CCCCO3)c2-c2cccc(C)n2)ccc2ncnn12. The van der Waals surface area contributed by atoms with E-state index in [2.05, 4.69) is 14.9 Å².